The fraction of sp³-hybridized carbons (Fsp3) is 0.481. The number of fused-ring (bicyclic) bond motifs is 3. The van der Waals surface area contributed by atoms with Crippen LogP contribution in [-0.2, 0) is 25.5 Å². The SMILES string of the molecule is O=C(COC(=O)Cc1coc2ccc3ccccc3c12)NCC1(N2CCOCC2)CCCCC1. The highest BCUT2D eigenvalue weighted by molar-refractivity contribution is 6.08. The molecule has 0 unspecified atom stereocenters. The van der Waals surface area contributed by atoms with Gasteiger partial charge in [0, 0.05) is 36.1 Å². The molecule has 0 radical (unpaired) electrons. The van der Waals surface area contributed by atoms with Crippen molar-refractivity contribution in [1.82, 2.24) is 10.2 Å². The van der Waals surface area contributed by atoms with Crippen LogP contribution in [0.25, 0.3) is 21.7 Å². The minimum Gasteiger partial charge on any atom is -0.464 e. The summed E-state index contributed by atoms with van der Waals surface area (Å²) in [6, 6.07) is 11.9. The van der Waals surface area contributed by atoms with Gasteiger partial charge in [0.15, 0.2) is 6.61 Å². The van der Waals surface area contributed by atoms with E-state index in [0.29, 0.717) is 6.54 Å². The Morgan fingerprint density at radius 2 is 1.82 bits per heavy atom. The summed E-state index contributed by atoms with van der Waals surface area (Å²) in [5, 5.41) is 6.08. The van der Waals surface area contributed by atoms with E-state index < -0.39 is 5.97 Å². The van der Waals surface area contributed by atoms with Gasteiger partial charge in [-0.1, -0.05) is 49.6 Å². The molecule has 1 amide bonds. The molecule has 180 valence electrons. The molecule has 3 aromatic rings. The number of ether oxygens (including phenoxy) is 2. The number of hydrogen-bond acceptors (Lipinski definition) is 6. The third-order valence-electron chi connectivity index (χ3n) is 7.32. The number of esters is 1. The number of benzene rings is 2. The number of rotatable bonds is 7. The molecule has 1 aliphatic carbocycles. The first-order valence-corrected chi connectivity index (χ1v) is 12.3. The number of carbonyl (C=O) groups is 2. The second kappa shape index (κ2) is 10.2. The minimum absolute atomic E-state index is 0.0154. The maximum Gasteiger partial charge on any atom is 0.310 e. The Labute approximate surface area is 199 Å². The zero-order chi connectivity index (χ0) is 23.4. The summed E-state index contributed by atoms with van der Waals surface area (Å²) in [4.78, 5) is 27.6. The Kier molecular flexibility index (Phi) is 6.83. The number of nitrogens with zero attached hydrogens (tertiary/aromatic N) is 1. The molecule has 0 atom stereocenters. The lowest BCUT2D eigenvalue weighted by Gasteiger charge is -2.48. The molecule has 2 aromatic carbocycles. The van der Waals surface area contributed by atoms with E-state index in [1.165, 1.54) is 19.3 Å². The van der Waals surface area contributed by atoms with Crippen LogP contribution in [0.2, 0.25) is 0 Å². The molecular weight excluding hydrogens is 432 g/mol. The van der Waals surface area contributed by atoms with Crippen molar-refractivity contribution < 1.29 is 23.5 Å². The predicted octanol–water partition coefficient (Wildman–Crippen LogP) is 3.82. The molecule has 2 heterocycles. The zero-order valence-corrected chi connectivity index (χ0v) is 19.5. The summed E-state index contributed by atoms with van der Waals surface area (Å²) in [6.07, 6.45) is 7.42. The first kappa shape index (κ1) is 22.9. The molecule has 7 heteroatoms. The van der Waals surface area contributed by atoms with Crippen LogP contribution in [0.5, 0.6) is 0 Å². The van der Waals surface area contributed by atoms with Crippen LogP contribution in [0.3, 0.4) is 0 Å². The van der Waals surface area contributed by atoms with Crippen LogP contribution in [0.15, 0.2) is 47.1 Å². The van der Waals surface area contributed by atoms with E-state index in [0.717, 1.165) is 66.5 Å². The van der Waals surface area contributed by atoms with Gasteiger partial charge in [-0.05, 0) is 29.7 Å². The van der Waals surface area contributed by atoms with E-state index in [9.17, 15) is 9.59 Å². The van der Waals surface area contributed by atoms with Gasteiger partial charge >= 0.3 is 5.97 Å². The van der Waals surface area contributed by atoms with Crippen molar-refractivity contribution in [3.05, 3.63) is 48.2 Å². The van der Waals surface area contributed by atoms with Gasteiger partial charge in [-0.2, -0.15) is 0 Å². The second-order valence-corrected chi connectivity index (χ2v) is 9.42. The molecule has 7 nitrogen and oxygen atoms in total. The quantitative estimate of drug-likeness (QED) is 0.536. The number of amides is 1. The molecule has 5 rings (SSSR count). The number of nitrogens with one attached hydrogen (secondary N) is 1. The van der Waals surface area contributed by atoms with Gasteiger partial charge < -0.3 is 19.2 Å². The minimum atomic E-state index is -0.439. The molecule has 1 N–H and O–H groups in total. The Morgan fingerprint density at radius 1 is 1.03 bits per heavy atom. The van der Waals surface area contributed by atoms with E-state index in [2.05, 4.69) is 10.2 Å². The number of morpholine rings is 1. The lowest BCUT2D eigenvalue weighted by Crippen LogP contribution is -2.59. The molecule has 2 aliphatic rings. The first-order valence-electron chi connectivity index (χ1n) is 12.3. The topological polar surface area (TPSA) is 81.0 Å². The molecule has 1 saturated carbocycles. The monoisotopic (exact) mass is 464 g/mol. The van der Waals surface area contributed by atoms with E-state index >= 15 is 0 Å². The van der Waals surface area contributed by atoms with Crippen molar-refractivity contribution in [2.45, 2.75) is 44.1 Å². The third-order valence-corrected chi connectivity index (χ3v) is 7.32. The predicted molar refractivity (Wildman–Crippen MR) is 130 cm³/mol. The molecule has 1 aliphatic heterocycles. The van der Waals surface area contributed by atoms with Crippen molar-refractivity contribution in [2.75, 3.05) is 39.5 Å². The van der Waals surface area contributed by atoms with E-state index in [4.69, 9.17) is 13.9 Å². The van der Waals surface area contributed by atoms with Gasteiger partial charge in [-0.3, -0.25) is 14.5 Å². The number of carbonyl (C=O) groups excluding carboxylic acids is 2. The van der Waals surface area contributed by atoms with Crippen LogP contribution in [0.1, 0.15) is 37.7 Å². The molecule has 2 fully saturated rings. The fourth-order valence-electron chi connectivity index (χ4n) is 5.52. The normalized spacial score (nSPS) is 18.7. The van der Waals surface area contributed by atoms with E-state index in [1.807, 2.05) is 36.4 Å². The lowest BCUT2D eigenvalue weighted by molar-refractivity contribution is -0.148. The van der Waals surface area contributed by atoms with Gasteiger partial charge in [-0.25, -0.2) is 0 Å². The summed E-state index contributed by atoms with van der Waals surface area (Å²) in [5.41, 5.74) is 1.49. The highest BCUT2D eigenvalue weighted by Crippen LogP contribution is 2.34. The van der Waals surface area contributed by atoms with Gasteiger partial charge in [0.25, 0.3) is 5.91 Å². The Hall–Kier alpha value is -2.90. The highest BCUT2D eigenvalue weighted by Gasteiger charge is 2.38. The third kappa shape index (κ3) is 4.81. The van der Waals surface area contributed by atoms with Crippen LogP contribution >= 0.6 is 0 Å². The largest absolute Gasteiger partial charge is 0.464 e. The van der Waals surface area contributed by atoms with Crippen molar-refractivity contribution in [3.8, 4) is 0 Å². The second-order valence-electron chi connectivity index (χ2n) is 9.42. The zero-order valence-electron chi connectivity index (χ0n) is 19.5. The maximum atomic E-state index is 12.6. The van der Waals surface area contributed by atoms with Gasteiger partial charge in [0.2, 0.25) is 0 Å². The highest BCUT2D eigenvalue weighted by atomic mass is 16.5. The summed E-state index contributed by atoms with van der Waals surface area (Å²) in [7, 11) is 0. The van der Waals surface area contributed by atoms with Crippen molar-refractivity contribution in [1.29, 1.82) is 0 Å². The summed E-state index contributed by atoms with van der Waals surface area (Å²) in [6.45, 7) is 3.60. The summed E-state index contributed by atoms with van der Waals surface area (Å²) < 4.78 is 16.5. The standard InChI is InChI=1S/C27H32N2O5/c30-24(28-19-27(10-4-1-5-11-27)29-12-14-32-15-13-29)18-34-25(31)16-21-17-33-23-9-8-20-6-2-3-7-22(20)26(21)23/h2-3,6-9,17H,1,4-5,10-16,18-19H2,(H,28,30). The smallest absolute Gasteiger partial charge is 0.310 e. The Morgan fingerprint density at radius 3 is 2.65 bits per heavy atom. The maximum absolute atomic E-state index is 12.6. The molecule has 1 saturated heterocycles. The van der Waals surface area contributed by atoms with Crippen molar-refractivity contribution in [2.24, 2.45) is 0 Å². The van der Waals surface area contributed by atoms with Crippen molar-refractivity contribution >= 4 is 33.6 Å². The molecule has 0 bridgehead atoms. The average molecular weight is 465 g/mol. The molecule has 0 spiro atoms. The lowest BCUT2D eigenvalue weighted by atomic mass is 9.79. The average Bonchev–Trinajstić information content (AvgIpc) is 3.30. The van der Waals surface area contributed by atoms with Gasteiger partial charge in [0.05, 0.1) is 25.9 Å². The van der Waals surface area contributed by atoms with E-state index in [-0.39, 0.29) is 24.5 Å². The molecule has 1 aromatic heterocycles. The van der Waals surface area contributed by atoms with Gasteiger partial charge in [-0.15, -0.1) is 0 Å². The van der Waals surface area contributed by atoms with Crippen molar-refractivity contribution in [3.63, 3.8) is 0 Å². The van der Waals surface area contributed by atoms with E-state index in [1.54, 1.807) is 6.26 Å². The van der Waals surface area contributed by atoms with Crippen LogP contribution in [0, 0.1) is 0 Å². The van der Waals surface area contributed by atoms with Gasteiger partial charge in [0.1, 0.15) is 5.58 Å². The Bertz CT molecular complexity index is 1160. The summed E-state index contributed by atoms with van der Waals surface area (Å²) >= 11 is 0. The fourth-order valence-corrected chi connectivity index (χ4v) is 5.52. The molecular formula is C27H32N2O5. The number of hydrogen-bond donors (Lipinski definition) is 1. The summed E-state index contributed by atoms with van der Waals surface area (Å²) in [5.74, 6) is -0.694. The number of furan rings is 1. The van der Waals surface area contributed by atoms with Crippen LogP contribution in [-0.4, -0.2) is 61.8 Å². The van der Waals surface area contributed by atoms with Crippen LogP contribution in [0.4, 0.5) is 0 Å². The first-order chi connectivity index (χ1) is 16.6. The molecule has 34 heavy (non-hydrogen) atoms. The van der Waals surface area contributed by atoms with Crippen LogP contribution < -0.4 is 5.32 Å². The Balaban J connectivity index is 1.17.